The Morgan fingerprint density at radius 3 is 2.33 bits per heavy atom. The van der Waals surface area contributed by atoms with Gasteiger partial charge in [-0.2, -0.15) is 5.48 Å². The summed E-state index contributed by atoms with van der Waals surface area (Å²) >= 11 is 0. The molecule has 0 unspecified atom stereocenters. The van der Waals surface area contributed by atoms with Crippen LogP contribution in [0.25, 0.3) is 0 Å². The average Bonchev–Trinajstić information content (AvgIpc) is 2.24. The second-order valence-electron chi connectivity index (χ2n) is 6.26. The van der Waals surface area contributed by atoms with Crippen LogP contribution < -0.4 is 11.0 Å². The summed E-state index contributed by atoms with van der Waals surface area (Å²) in [5, 5.41) is 0. The van der Waals surface area contributed by atoms with Gasteiger partial charge >= 0.3 is 0 Å². The third-order valence-corrected chi connectivity index (χ3v) is 2.33. The Morgan fingerprint density at radius 2 is 1.83 bits per heavy atom. The maximum absolute atomic E-state index is 5.46. The van der Waals surface area contributed by atoms with Crippen LogP contribution in [0.4, 0.5) is 0 Å². The minimum Gasteiger partial charge on any atom is -0.302 e. The quantitative estimate of drug-likeness (QED) is 0.467. The Kier molecular flexibility index (Phi) is 9.64. The fourth-order valence-corrected chi connectivity index (χ4v) is 1.09. The van der Waals surface area contributed by atoms with E-state index in [1.807, 2.05) is 0 Å². The van der Waals surface area contributed by atoms with Gasteiger partial charge in [0.05, 0.1) is 19.3 Å². The molecule has 0 atom stereocenters. The van der Waals surface area contributed by atoms with E-state index in [0.717, 1.165) is 25.5 Å². The highest BCUT2D eigenvalue weighted by Crippen LogP contribution is 2.12. The van der Waals surface area contributed by atoms with E-state index in [2.05, 4.69) is 52.5 Å². The third kappa shape index (κ3) is 12.3. The zero-order valence-electron chi connectivity index (χ0n) is 12.9. The number of rotatable bonds is 10. The molecule has 0 aromatic heterocycles. The summed E-state index contributed by atoms with van der Waals surface area (Å²) in [6.45, 7) is 15.0. The predicted octanol–water partition coefficient (Wildman–Crippen LogP) is 3.06. The molecule has 0 rings (SSSR count). The molecule has 0 amide bonds. The molecule has 0 bridgehead atoms. The molecular weight excluding hydrogens is 228 g/mol. The van der Waals surface area contributed by atoms with Crippen LogP contribution in [-0.4, -0.2) is 19.8 Å². The van der Waals surface area contributed by atoms with Crippen LogP contribution >= 0.6 is 0 Å². The third-order valence-electron chi connectivity index (χ3n) is 2.33. The van der Waals surface area contributed by atoms with Crippen LogP contribution in [0.1, 0.15) is 54.4 Å². The summed E-state index contributed by atoms with van der Waals surface area (Å²) in [6.07, 6.45) is 1.99. The molecule has 18 heavy (non-hydrogen) atoms. The van der Waals surface area contributed by atoms with Crippen molar-refractivity contribution < 1.29 is 9.68 Å². The van der Waals surface area contributed by atoms with E-state index in [1.54, 1.807) is 0 Å². The van der Waals surface area contributed by atoms with Crippen molar-refractivity contribution in [3.63, 3.8) is 0 Å². The zero-order valence-corrected chi connectivity index (χ0v) is 12.9. The summed E-state index contributed by atoms with van der Waals surface area (Å²) in [5.41, 5.74) is 6.13. The van der Waals surface area contributed by atoms with Crippen LogP contribution in [0.2, 0.25) is 0 Å². The molecule has 4 heteroatoms. The molecule has 2 N–H and O–H groups in total. The maximum atomic E-state index is 5.46. The van der Waals surface area contributed by atoms with Gasteiger partial charge in [0.25, 0.3) is 0 Å². The molecule has 0 aliphatic heterocycles. The highest BCUT2D eigenvalue weighted by molar-refractivity contribution is 4.82. The molecule has 4 nitrogen and oxygen atoms in total. The zero-order chi connectivity index (χ0) is 14.0. The van der Waals surface area contributed by atoms with E-state index in [9.17, 15) is 0 Å². The molecular formula is C14H31N2O2. The monoisotopic (exact) mass is 259 g/mol. The van der Waals surface area contributed by atoms with Gasteiger partial charge in [0.1, 0.15) is 0 Å². The highest BCUT2D eigenvalue weighted by Gasteiger charge is 2.12. The number of hydroxylamine groups is 2. The van der Waals surface area contributed by atoms with Crippen molar-refractivity contribution in [1.82, 2.24) is 11.0 Å². The molecule has 0 heterocycles. The fourth-order valence-electron chi connectivity index (χ4n) is 1.09. The van der Waals surface area contributed by atoms with Gasteiger partial charge in [0.2, 0.25) is 0 Å². The average molecular weight is 259 g/mol. The molecule has 1 radical (unpaired) electrons. The van der Waals surface area contributed by atoms with E-state index in [4.69, 9.17) is 9.68 Å². The van der Waals surface area contributed by atoms with Crippen molar-refractivity contribution >= 4 is 0 Å². The highest BCUT2D eigenvalue weighted by atomic mass is 16.7. The number of hydrogen-bond acceptors (Lipinski definition) is 4. The Balaban J connectivity index is 3.52. The van der Waals surface area contributed by atoms with Gasteiger partial charge in [-0.3, -0.25) is 0 Å². The summed E-state index contributed by atoms with van der Waals surface area (Å²) in [7, 11) is 0. The van der Waals surface area contributed by atoms with E-state index >= 15 is 0 Å². The molecule has 109 valence electrons. The maximum Gasteiger partial charge on any atom is 0.0793 e. The van der Waals surface area contributed by atoms with Crippen LogP contribution in [0.3, 0.4) is 0 Å². The van der Waals surface area contributed by atoms with E-state index in [1.165, 1.54) is 0 Å². The Hall–Kier alpha value is -0.160. The first-order chi connectivity index (χ1) is 8.35. The van der Waals surface area contributed by atoms with Crippen molar-refractivity contribution in [3.8, 4) is 0 Å². The number of nitrogens with one attached hydrogen (secondary N) is 2. The lowest BCUT2D eigenvalue weighted by atomic mass is 9.99. The van der Waals surface area contributed by atoms with Gasteiger partial charge in [-0.05, 0) is 24.2 Å². The smallest absolute Gasteiger partial charge is 0.0793 e. The van der Waals surface area contributed by atoms with Crippen molar-refractivity contribution in [2.45, 2.75) is 54.4 Å². The van der Waals surface area contributed by atoms with Crippen LogP contribution in [-0.2, 0) is 9.68 Å². The van der Waals surface area contributed by atoms with Crippen LogP contribution in [0.5, 0.6) is 0 Å². The van der Waals surface area contributed by atoms with Gasteiger partial charge in [0, 0.05) is 6.54 Å². The van der Waals surface area contributed by atoms with E-state index in [0.29, 0.717) is 19.1 Å². The minimum atomic E-state index is 0.174. The van der Waals surface area contributed by atoms with Gasteiger partial charge in [-0.15, -0.1) is 0 Å². The fraction of sp³-hybridized carbons (Fsp3) is 0.929. The lowest BCUT2D eigenvalue weighted by molar-refractivity contribution is -0.0144. The largest absolute Gasteiger partial charge is 0.302 e. The van der Waals surface area contributed by atoms with E-state index < -0.39 is 0 Å². The van der Waals surface area contributed by atoms with Gasteiger partial charge in [-0.1, -0.05) is 41.5 Å². The standard InChI is InChI=1S/C14H31N2O2/c1-7-13(16-18-11-14(4,5)6)10-15-17-9-8-12(2)3/h12,15-16H,7-11H2,1-6H3. The van der Waals surface area contributed by atoms with Gasteiger partial charge in [0.15, 0.2) is 0 Å². The van der Waals surface area contributed by atoms with Crippen molar-refractivity contribution in [2.75, 3.05) is 19.8 Å². The first-order valence-electron chi connectivity index (χ1n) is 6.92. The Bertz CT molecular complexity index is 191. The molecule has 0 spiro atoms. The van der Waals surface area contributed by atoms with Crippen molar-refractivity contribution in [3.05, 3.63) is 6.04 Å². The van der Waals surface area contributed by atoms with E-state index in [-0.39, 0.29) is 5.41 Å². The molecule has 0 saturated carbocycles. The summed E-state index contributed by atoms with van der Waals surface area (Å²) in [4.78, 5) is 10.8. The molecule has 0 aliphatic carbocycles. The predicted molar refractivity (Wildman–Crippen MR) is 75.5 cm³/mol. The van der Waals surface area contributed by atoms with Gasteiger partial charge in [-0.25, -0.2) is 5.48 Å². The molecule has 0 fully saturated rings. The molecule has 0 aliphatic rings. The first kappa shape index (κ1) is 17.8. The summed E-state index contributed by atoms with van der Waals surface area (Å²) in [5.74, 6) is 0.676. The Labute approximate surface area is 113 Å². The van der Waals surface area contributed by atoms with Crippen LogP contribution in [0.15, 0.2) is 0 Å². The van der Waals surface area contributed by atoms with Crippen LogP contribution in [0, 0.1) is 17.4 Å². The second kappa shape index (κ2) is 9.73. The molecule has 0 aromatic rings. The lowest BCUT2D eigenvalue weighted by Crippen LogP contribution is -2.33. The molecule has 0 aromatic carbocycles. The topological polar surface area (TPSA) is 42.5 Å². The van der Waals surface area contributed by atoms with Crippen molar-refractivity contribution in [2.24, 2.45) is 11.3 Å². The molecule has 0 saturated heterocycles. The van der Waals surface area contributed by atoms with Gasteiger partial charge < -0.3 is 9.68 Å². The lowest BCUT2D eigenvalue weighted by Gasteiger charge is -2.21. The number of hydrogen-bond donors (Lipinski definition) is 2. The summed E-state index contributed by atoms with van der Waals surface area (Å²) < 4.78 is 0. The second-order valence-corrected chi connectivity index (χ2v) is 6.26. The minimum absolute atomic E-state index is 0.174. The summed E-state index contributed by atoms with van der Waals surface area (Å²) in [6, 6.07) is 1.10. The first-order valence-corrected chi connectivity index (χ1v) is 6.92. The Morgan fingerprint density at radius 1 is 1.17 bits per heavy atom. The van der Waals surface area contributed by atoms with Crippen molar-refractivity contribution in [1.29, 1.82) is 0 Å². The normalized spacial score (nSPS) is 12.7. The SMILES string of the molecule is CC[C](CNOCCC(C)C)NOCC(C)(C)C.